The van der Waals surface area contributed by atoms with Crippen molar-refractivity contribution in [3.8, 4) is 5.75 Å². The number of amides is 3. The minimum atomic E-state index is -0.235. The van der Waals surface area contributed by atoms with Crippen LogP contribution in [0.2, 0.25) is 0 Å². The molecule has 1 aromatic rings. The molecule has 1 heterocycles. The molecule has 3 fully saturated rings. The second-order valence-electron chi connectivity index (χ2n) is 8.05. The summed E-state index contributed by atoms with van der Waals surface area (Å²) < 4.78 is 5.16. The first-order chi connectivity index (χ1) is 13.0. The molecule has 0 N–H and O–H groups in total. The predicted molar refractivity (Wildman–Crippen MR) is 97.6 cm³/mol. The Hall–Kier alpha value is -2.63. The summed E-state index contributed by atoms with van der Waals surface area (Å²) in [7, 11) is 1.58. The molecule has 0 aromatic heterocycles. The minimum Gasteiger partial charge on any atom is -0.497 e. The van der Waals surface area contributed by atoms with Gasteiger partial charge in [-0.15, -0.1) is 0 Å². The van der Waals surface area contributed by atoms with Crippen molar-refractivity contribution < 1.29 is 19.1 Å². The Labute approximate surface area is 157 Å². The summed E-state index contributed by atoms with van der Waals surface area (Å²) in [4.78, 5) is 41.2. The van der Waals surface area contributed by atoms with Crippen molar-refractivity contribution in [3.63, 3.8) is 0 Å². The van der Waals surface area contributed by atoms with E-state index < -0.39 is 0 Å². The zero-order valence-corrected chi connectivity index (χ0v) is 15.4. The molecule has 0 radical (unpaired) electrons. The number of ether oxygens (including phenoxy) is 1. The largest absolute Gasteiger partial charge is 0.497 e. The van der Waals surface area contributed by atoms with Crippen molar-refractivity contribution in [1.29, 1.82) is 0 Å². The molecule has 140 valence electrons. The van der Waals surface area contributed by atoms with Crippen molar-refractivity contribution in [2.75, 3.05) is 18.7 Å². The van der Waals surface area contributed by atoms with Gasteiger partial charge in [-0.3, -0.25) is 24.2 Å². The number of imide groups is 1. The van der Waals surface area contributed by atoms with E-state index in [0.29, 0.717) is 23.3 Å². The van der Waals surface area contributed by atoms with Crippen LogP contribution in [0.3, 0.4) is 0 Å². The normalized spacial score (nSPS) is 35.1. The summed E-state index contributed by atoms with van der Waals surface area (Å²) in [5.41, 5.74) is 0.641. The zero-order chi connectivity index (χ0) is 18.9. The summed E-state index contributed by atoms with van der Waals surface area (Å²) in [5.74, 6) is 1.30. The van der Waals surface area contributed by atoms with E-state index in [9.17, 15) is 14.4 Å². The van der Waals surface area contributed by atoms with Gasteiger partial charge in [0.05, 0.1) is 18.9 Å². The summed E-state index contributed by atoms with van der Waals surface area (Å²) in [6.07, 6.45) is 5.45. The average Bonchev–Trinajstić information content (AvgIpc) is 3.46. The molecule has 2 bridgehead atoms. The Morgan fingerprint density at radius 1 is 1.07 bits per heavy atom. The van der Waals surface area contributed by atoms with Gasteiger partial charge in [-0.25, -0.2) is 0 Å². The van der Waals surface area contributed by atoms with Crippen LogP contribution in [0.25, 0.3) is 0 Å². The number of likely N-dealkylation sites (tertiary alicyclic amines) is 1. The number of nitrogens with zero attached hydrogens (tertiary/aromatic N) is 2. The summed E-state index contributed by atoms with van der Waals surface area (Å²) in [6.45, 7) is 1.42. The van der Waals surface area contributed by atoms with Crippen LogP contribution in [-0.4, -0.2) is 36.4 Å². The van der Waals surface area contributed by atoms with Gasteiger partial charge in [-0.05, 0) is 54.4 Å². The SMILES string of the molecule is COc1ccc(N(CN2C(=O)[C@@H]3[C@@H]4C=C[C@H]([C@@H]5C[C@H]45)[C@@H]3C2=O)C(C)=O)cc1. The molecule has 27 heavy (non-hydrogen) atoms. The van der Waals surface area contributed by atoms with Crippen LogP contribution in [-0.2, 0) is 14.4 Å². The maximum Gasteiger partial charge on any atom is 0.235 e. The lowest BCUT2D eigenvalue weighted by molar-refractivity contribution is -0.140. The zero-order valence-electron chi connectivity index (χ0n) is 15.4. The fourth-order valence-electron chi connectivity index (χ4n) is 5.42. The van der Waals surface area contributed by atoms with Crippen LogP contribution in [0.5, 0.6) is 5.75 Å². The van der Waals surface area contributed by atoms with E-state index in [1.54, 1.807) is 31.4 Å². The standard InChI is InChI=1S/C21H22N2O4/c1-11(24)22(12-3-5-13(27-2)6-4-12)10-23-20(25)18-14-7-8-15(17-9-16(14)17)19(18)21(23)26/h3-8,14-19H,9-10H2,1-2H3/t14-,15-,16-,17+,18-,19+/m1/s1. The van der Waals surface area contributed by atoms with Gasteiger partial charge in [-0.1, -0.05) is 12.2 Å². The number of hydrogen-bond donors (Lipinski definition) is 0. The third-order valence-corrected chi connectivity index (χ3v) is 6.80. The van der Waals surface area contributed by atoms with Crippen molar-refractivity contribution in [1.82, 2.24) is 4.90 Å². The minimum absolute atomic E-state index is 0.0267. The molecule has 6 atom stereocenters. The van der Waals surface area contributed by atoms with E-state index in [0.717, 1.165) is 6.42 Å². The van der Waals surface area contributed by atoms with Gasteiger partial charge < -0.3 is 4.74 Å². The number of rotatable bonds is 4. The number of allylic oxidation sites excluding steroid dienone is 2. The number of carbonyl (C=O) groups is 3. The van der Waals surface area contributed by atoms with Gasteiger partial charge in [0.1, 0.15) is 12.4 Å². The Kier molecular flexibility index (Phi) is 3.48. The Balaban J connectivity index is 1.42. The predicted octanol–water partition coefficient (Wildman–Crippen LogP) is 2.06. The first-order valence-electron chi connectivity index (χ1n) is 9.47. The number of carbonyl (C=O) groups excluding carboxylic acids is 3. The van der Waals surface area contributed by atoms with Gasteiger partial charge in [0.15, 0.2) is 0 Å². The van der Waals surface area contributed by atoms with Crippen LogP contribution < -0.4 is 9.64 Å². The highest BCUT2D eigenvalue weighted by Gasteiger charge is 2.67. The van der Waals surface area contributed by atoms with E-state index in [1.165, 1.54) is 16.7 Å². The summed E-state index contributed by atoms with van der Waals surface area (Å²) >= 11 is 0. The second-order valence-corrected chi connectivity index (χ2v) is 8.05. The Morgan fingerprint density at radius 3 is 2.11 bits per heavy atom. The third kappa shape index (κ3) is 2.28. The van der Waals surface area contributed by atoms with Gasteiger partial charge in [-0.2, -0.15) is 0 Å². The van der Waals surface area contributed by atoms with E-state index >= 15 is 0 Å². The summed E-state index contributed by atoms with van der Waals surface area (Å²) in [6, 6.07) is 7.05. The Bertz CT molecular complexity index is 825. The molecule has 1 saturated heterocycles. The summed E-state index contributed by atoms with van der Waals surface area (Å²) in [5, 5.41) is 0. The monoisotopic (exact) mass is 366 g/mol. The van der Waals surface area contributed by atoms with E-state index in [4.69, 9.17) is 4.74 Å². The van der Waals surface area contributed by atoms with E-state index in [1.807, 2.05) is 0 Å². The lowest BCUT2D eigenvalue weighted by atomic mass is 9.63. The number of methoxy groups -OCH3 is 1. The number of benzene rings is 1. The molecular weight excluding hydrogens is 344 g/mol. The molecule has 5 aliphatic rings. The van der Waals surface area contributed by atoms with Gasteiger partial charge >= 0.3 is 0 Å². The number of anilines is 1. The van der Waals surface area contributed by atoms with Crippen molar-refractivity contribution >= 4 is 23.4 Å². The quantitative estimate of drug-likeness (QED) is 0.604. The van der Waals surface area contributed by atoms with Crippen LogP contribution in [0.4, 0.5) is 5.69 Å². The first-order valence-corrected chi connectivity index (χ1v) is 9.47. The van der Waals surface area contributed by atoms with Gasteiger partial charge in [0.2, 0.25) is 17.7 Å². The highest BCUT2D eigenvalue weighted by Crippen LogP contribution is 2.65. The second kappa shape index (κ2) is 5.68. The molecule has 1 aromatic carbocycles. The lowest BCUT2D eigenvalue weighted by Gasteiger charge is -2.37. The highest BCUT2D eigenvalue weighted by atomic mass is 16.5. The van der Waals surface area contributed by atoms with Crippen LogP contribution >= 0.6 is 0 Å². The smallest absolute Gasteiger partial charge is 0.235 e. The molecule has 4 aliphatic carbocycles. The molecule has 6 nitrogen and oxygen atoms in total. The van der Waals surface area contributed by atoms with E-state index in [-0.39, 0.29) is 48.1 Å². The van der Waals surface area contributed by atoms with Gasteiger partial charge in [0.25, 0.3) is 0 Å². The maximum atomic E-state index is 13.1. The lowest BCUT2D eigenvalue weighted by Crippen LogP contribution is -2.44. The molecule has 0 unspecified atom stereocenters. The molecule has 0 spiro atoms. The molecule has 2 saturated carbocycles. The molecular formula is C21H22N2O4. The van der Waals surface area contributed by atoms with E-state index in [2.05, 4.69) is 12.2 Å². The first kappa shape index (κ1) is 16.5. The van der Waals surface area contributed by atoms with Crippen LogP contribution in [0, 0.1) is 35.5 Å². The molecule has 1 aliphatic heterocycles. The van der Waals surface area contributed by atoms with Gasteiger partial charge in [0, 0.05) is 12.6 Å². The topological polar surface area (TPSA) is 66.9 Å². The maximum absolute atomic E-state index is 13.1. The molecule has 6 heteroatoms. The highest BCUT2D eigenvalue weighted by molar-refractivity contribution is 6.07. The average molecular weight is 366 g/mol. The molecule has 3 amide bonds. The third-order valence-electron chi connectivity index (χ3n) is 6.80. The van der Waals surface area contributed by atoms with Crippen LogP contribution in [0.15, 0.2) is 36.4 Å². The van der Waals surface area contributed by atoms with Crippen molar-refractivity contribution in [3.05, 3.63) is 36.4 Å². The Morgan fingerprint density at radius 2 is 1.63 bits per heavy atom. The fraction of sp³-hybridized carbons (Fsp3) is 0.476. The fourth-order valence-corrected chi connectivity index (χ4v) is 5.42. The van der Waals surface area contributed by atoms with Crippen LogP contribution in [0.1, 0.15) is 13.3 Å². The van der Waals surface area contributed by atoms with Crippen molar-refractivity contribution in [2.45, 2.75) is 13.3 Å². The van der Waals surface area contributed by atoms with Crippen molar-refractivity contribution in [2.24, 2.45) is 35.5 Å². The molecule has 6 rings (SSSR count). The number of hydrogen-bond acceptors (Lipinski definition) is 4.